The number of carbonyl (C=O) groups is 2. The van der Waals surface area contributed by atoms with Gasteiger partial charge in [-0.2, -0.15) is 5.10 Å². The molecule has 0 unspecified atom stereocenters. The van der Waals surface area contributed by atoms with E-state index in [0.717, 1.165) is 25.8 Å². The molecule has 0 radical (unpaired) electrons. The van der Waals surface area contributed by atoms with Crippen LogP contribution in [0, 0.1) is 5.41 Å². The van der Waals surface area contributed by atoms with Crippen molar-refractivity contribution in [1.29, 1.82) is 0 Å². The number of nitrogens with zero attached hydrogens (tertiary/aromatic N) is 2. The Bertz CT molecular complexity index is 621. The van der Waals surface area contributed by atoms with Gasteiger partial charge in [-0.05, 0) is 25.3 Å². The van der Waals surface area contributed by atoms with E-state index in [2.05, 4.69) is 15.5 Å². The van der Waals surface area contributed by atoms with Crippen molar-refractivity contribution in [2.45, 2.75) is 32.1 Å². The molecule has 1 atom stereocenters. The number of piperidine rings is 1. The van der Waals surface area contributed by atoms with E-state index in [4.69, 9.17) is 0 Å². The Morgan fingerprint density at radius 3 is 2.91 bits per heavy atom. The van der Waals surface area contributed by atoms with Crippen LogP contribution in [0.1, 0.15) is 31.4 Å². The summed E-state index contributed by atoms with van der Waals surface area (Å²) in [6.45, 7) is 1.91. The maximum Gasteiger partial charge on any atom is 0.264 e. The van der Waals surface area contributed by atoms with Crippen LogP contribution in [0.5, 0.6) is 0 Å². The number of amides is 2. The molecular formula is C15H20N4O3. The predicted molar refractivity (Wildman–Crippen MR) is 79.1 cm³/mol. The molecule has 118 valence electrons. The Morgan fingerprint density at radius 2 is 2.18 bits per heavy atom. The second-order valence-electron chi connectivity index (χ2n) is 6.12. The highest BCUT2D eigenvalue weighted by molar-refractivity contribution is 5.86. The highest BCUT2D eigenvalue weighted by atomic mass is 16.2. The first kappa shape index (κ1) is 14.7. The van der Waals surface area contributed by atoms with Crippen LogP contribution in [-0.2, 0) is 16.0 Å². The van der Waals surface area contributed by atoms with Crippen molar-refractivity contribution in [3.8, 4) is 0 Å². The third-order valence-electron chi connectivity index (χ3n) is 4.64. The van der Waals surface area contributed by atoms with Gasteiger partial charge in [0.2, 0.25) is 11.8 Å². The molecule has 0 bridgehead atoms. The van der Waals surface area contributed by atoms with E-state index in [9.17, 15) is 14.4 Å². The molecule has 2 amide bonds. The molecule has 3 rings (SSSR count). The molecule has 1 aromatic rings. The maximum absolute atomic E-state index is 12.3. The molecule has 2 aliphatic rings. The van der Waals surface area contributed by atoms with Gasteiger partial charge >= 0.3 is 0 Å². The smallest absolute Gasteiger partial charge is 0.264 e. The molecule has 1 aromatic heterocycles. The van der Waals surface area contributed by atoms with Gasteiger partial charge in [-0.25, -0.2) is 5.10 Å². The molecule has 1 spiro atoms. The predicted octanol–water partition coefficient (Wildman–Crippen LogP) is -0.169. The second-order valence-corrected chi connectivity index (χ2v) is 6.12. The van der Waals surface area contributed by atoms with Gasteiger partial charge in [0.25, 0.3) is 5.56 Å². The molecule has 2 fully saturated rings. The number of aryl methyl sites for hydroxylation is 1. The average Bonchev–Trinajstić information content (AvgIpc) is 2.95. The van der Waals surface area contributed by atoms with Crippen LogP contribution in [0.4, 0.5) is 0 Å². The summed E-state index contributed by atoms with van der Waals surface area (Å²) in [5.74, 6) is 0.139. The fourth-order valence-corrected chi connectivity index (χ4v) is 3.31. The van der Waals surface area contributed by atoms with Crippen molar-refractivity contribution in [2.24, 2.45) is 5.41 Å². The lowest BCUT2D eigenvalue weighted by atomic mass is 9.79. The third-order valence-corrected chi connectivity index (χ3v) is 4.64. The lowest BCUT2D eigenvalue weighted by Gasteiger charge is -2.32. The number of hydrogen-bond donors (Lipinski definition) is 2. The van der Waals surface area contributed by atoms with E-state index in [-0.39, 0.29) is 22.8 Å². The highest BCUT2D eigenvalue weighted by Crippen LogP contribution is 2.37. The van der Waals surface area contributed by atoms with E-state index in [0.29, 0.717) is 31.6 Å². The Labute approximate surface area is 128 Å². The number of aromatic amines is 1. The second kappa shape index (κ2) is 5.90. The molecule has 0 saturated carbocycles. The molecule has 2 aliphatic heterocycles. The van der Waals surface area contributed by atoms with Crippen molar-refractivity contribution < 1.29 is 9.59 Å². The van der Waals surface area contributed by atoms with Gasteiger partial charge in [0.1, 0.15) is 0 Å². The summed E-state index contributed by atoms with van der Waals surface area (Å²) < 4.78 is 0. The van der Waals surface area contributed by atoms with Gasteiger partial charge in [-0.3, -0.25) is 14.4 Å². The lowest BCUT2D eigenvalue weighted by Crippen LogP contribution is -2.47. The zero-order valence-corrected chi connectivity index (χ0v) is 12.4. The van der Waals surface area contributed by atoms with E-state index >= 15 is 0 Å². The maximum atomic E-state index is 12.3. The van der Waals surface area contributed by atoms with Crippen LogP contribution < -0.4 is 10.9 Å². The Balaban J connectivity index is 1.56. The van der Waals surface area contributed by atoms with Crippen molar-refractivity contribution in [3.63, 3.8) is 0 Å². The van der Waals surface area contributed by atoms with Crippen LogP contribution in [0.15, 0.2) is 16.9 Å². The minimum atomic E-state index is -0.371. The summed E-state index contributed by atoms with van der Waals surface area (Å²) in [4.78, 5) is 37.1. The SMILES string of the molecule is O=C(CCc1ccc(=O)[nH]n1)N1CC[C@]2(CCCNC2=O)C1. The fourth-order valence-electron chi connectivity index (χ4n) is 3.31. The van der Waals surface area contributed by atoms with Crippen LogP contribution in [0.3, 0.4) is 0 Å². The Hall–Kier alpha value is -2.18. The largest absolute Gasteiger partial charge is 0.356 e. The van der Waals surface area contributed by atoms with Gasteiger partial charge in [0.05, 0.1) is 11.1 Å². The number of carbonyl (C=O) groups excluding carboxylic acids is 2. The van der Waals surface area contributed by atoms with Crippen LogP contribution >= 0.6 is 0 Å². The van der Waals surface area contributed by atoms with Gasteiger partial charge in [0, 0.05) is 38.5 Å². The van der Waals surface area contributed by atoms with Gasteiger partial charge in [0.15, 0.2) is 0 Å². The van der Waals surface area contributed by atoms with Crippen LogP contribution in [-0.4, -0.2) is 46.5 Å². The van der Waals surface area contributed by atoms with Gasteiger partial charge < -0.3 is 10.2 Å². The van der Waals surface area contributed by atoms with E-state index < -0.39 is 0 Å². The fraction of sp³-hybridized carbons (Fsp3) is 0.600. The van der Waals surface area contributed by atoms with Crippen molar-refractivity contribution >= 4 is 11.8 Å². The third kappa shape index (κ3) is 2.88. The van der Waals surface area contributed by atoms with Crippen molar-refractivity contribution in [2.75, 3.05) is 19.6 Å². The highest BCUT2D eigenvalue weighted by Gasteiger charge is 2.46. The molecule has 0 aliphatic carbocycles. The molecule has 2 saturated heterocycles. The molecule has 0 aromatic carbocycles. The normalized spacial score (nSPS) is 24.5. The molecule has 7 heteroatoms. The van der Waals surface area contributed by atoms with Gasteiger partial charge in [-0.1, -0.05) is 0 Å². The first-order valence-electron chi connectivity index (χ1n) is 7.70. The number of nitrogens with one attached hydrogen (secondary N) is 2. The van der Waals surface area contributed by atoms with Crippen LogP contribution in [0.2, 0.25) is 0 Å². The zero-order valence-electron chi connectivity index (χ0n) is 12.4. The molecule has 2 N–H and O–H groups in total. The summed E-state index contributed by atoms with van der Waals surface area (Å²) in [5.41, 5.74) is 0.0709. The van der Waals surface area contributed by atoms with Crippen molar-refractivity contribution in [3.05, 3.63) is 28.2 Å². The number of aromatic nitrogens is 2. The summed E-state index contributed by atoms with van der Waals surface area (Å²) in [6.07, 6.45) is 3.43. The topological polar surface area (TPSA) is 95.2 Å². The van der Waals surface area contributed by atoms with Crippen LogP contribution in [0.25, 0.3) is 0 Å². The average molecular weight is 304 g/mol. The molecule has 3 heterocycles. The first-order chi connectivity index (χ1) is 10.6. The summed E-state index contributed by atoms with van der Waals surface area (Å²) in [7, 11) is 0. The monoisotopic (exact) mass is 304 g/mol. The summed E-state index contributed by atoms with van der Waals surface area (Å²) >= 11 is 0. The van der Waals surface area contributed by atoms with E-state index in [1.807, 2.05) is 0 Å². The summed E-state index contributed by atoms with van der Waals surface area (Å²) in [5, 5.41) is 9.18. The van der Waals surface area contributed by atoms with Gasteiger partial charge in [-0.15, -0.1) is 0 Å². The minimum Gasteiger partial charge on any atom is -0.356 e. The first-order valence-corrected chi connectivity index (χ1v) is 7.70. The Kier molecular flexibility index (Phi) is 3.96. The van der Waals surface area contributed by atoms with E-state index in [1.54, 1.807) is 11.0 Å². The van der Waals surface area contributed by atoms with Crippen molar-refractivity contribution in [1.82, 2.24) is 20.4 Å². The lowest BCUT2D eigenvalue weighted by molar-refractivity contribution is -0.134. The molecule has 22 heavy (non-hydrogen) atoms. The number of likely N-dealkylation sites (tertiary alicyclic amines) is 1. The molecular weight excluding hydrogens is 284 g/mol. The molecule has 7 nitrogen and oxygen atoms in total. The Morgan fingerprint density at radius 1 is 1.32 bits per heavy atom. The number of hydrogen-bond acceptors (Lipinski definition) is 4. The minimum absolute atomic E-state index is 0.0447. The number of rotatable bonds is 3. The zero-order chi connectivity index (χ0) is 15.6. The quantitative estimate of drug-likeness (QED) is 0.810. The summed E-state index contributed by atoms with van der Waals surface area (Å²) in [6, 6.07) is 3.04. The van der Waals surface area contributed by atoms with E-state index in [1.165, 1.54) is 6.07 Å². The number of H-pyrrole nitrogens is 1. The standard InChI is InChI=1S/C15H20N4O3/c20-12-4-2-11(17-18-12)3-5-13(21)19-9-7-15(10-19)6-1-8-16-14(15)22/h2,4H,1,3,5-10H2,(H,16,22)(H,18,20)/t15-/m1/s1.